The topological polar surface area (TPSA) is 3.24 Å². The number of anilines is 1. The second kappa shape index (κ2) is 6.53. The lowest BCUT2D eigenvalue weighted by Crippen LogP contribution is -2.18. The zero-order valence-electron chi connectivity index (χ0n) is 10.5. The monoisotopic (exact) mass is 385 g/mol. The summed E-state index contributed by atoms with van der Waals surface area (Å²) in [7, 11) is 1.97. The fraction of sp³-hybridized carbons (Fsp3) is 0.200. The van der Waals surface area contributed by atoms with Gasteiger partial charge in [-0.1, -0.05) is 56.1 Å². The molecule has 0 N–H and O–H groups in total. The molecule has 0 spiro atoms. The van der Waals surface area contributed by atoms with E-state index >= 15 is 0 Å². The summed E-state index contributed by atoms with van der Waals surface area (Å²) < 4.78 is 14.7. The van der Waals surface area contributed by atoms with Gasteiger partial charge in [0.2, 0.25) is 0 Å². The molecule has 0 bridgehead atoms. The minimum atomic E-state index is -0.162. The molecule has 0 fully saturated rings. The van der Waals surface area contributed by atoms with E-state index in [2.05, 4.69) is 48.9 Å². The Hall–Kier alpha value is -0.870. The summed E-state index contributed by atoms with van der Waals surface area (Å²) in [5.74, 6) is -0.162. The van der Waals surface area contributed by atoms with Crippen LogP contribution in [-0.2, 0) is 11.9 Å². The fourth-order valence-corrected chi connectivity index (χ4v) is 2.80. The van der Waals surface area contributed by atoms with Gasteiger partial charge in [0, 0.05) is 34.6 Å². The van der Waals surface area contributed by atoms with Gasteiger partial charge in [-0.3, -0.25) is 0 Å². The summed E-state index contributed by atoms with van der Waals surface area (Å²) in [5.41, 5.74) is 2.97. The fourth-order valence-electron chi connectivity index (χ4n) is 1.97. The van der Waals surface area contributed by atoms with E-state index in [-0.39, 0.29) is 5.82 Å². The maximum absolute atomic E-state index is 13.7. The van der Waals surface area contributed by atoms with E-state index in [0.29, 0.717) is 12.1 Å². The summed E-state index contributed by atoms with van der Waals surface area (Å²) in [6, 6.07) is 13.0. The van der Waals surface area contributed by atoms with Crippen molar-refractivity contribution in [3.8, 4) is 0 Å². The number of benzene rings is 2. The maximum Gasteiger partial charge on any atom is 0.128 e. The molecule has 0 unspecified atom stereocenters. The molecule has 1 nitrogen and oxygen atoms in total. The number of rotatable bonds is 4. The molecule has 0 saturated heterocycles. The smallest absolute Gasteiger partial charge is 0.128 e. The van der Waals surface area contributed by atoms with Crippen LogP contribution in [0.25, 0.3) is 0 Å². The highest BCUT2D eigenvalue weighted by Gasteiger charge is 2.10. The first-order valence-electron chi connectivity index (χ1n) is 5.90. The lowest BCUT2D eigenvalue weighted by molar-refractivity contribution is 0.608. The van der Waals surface area contributed by atoms with E-state index in [1.165, 1.54) is 11.6 Å². The Morgan fingerprint density at radius 2 is 1.84 bits per heavy atom. The normalized spacial score (nSPS) is 10.5. The minimum Gasteiger partial charge on any atom is -0.370 e. The van der Waals surface area contributed by atoms with Crippen LogP contribution in [0, 0.1) is 5.82 Å². The number of alkyl halides is 1. The van der Waals surface area contributed by atoms with Crippen molar-refractivity contribution in [2.24, 2.45) is 0 Å². The predicted octanol–water partition coefficient (Wildman–Crippen LogP) is 5.12. The molecular weight excluding hydrogens is 373 g/mol. The van der Waals surface area contributed by atoms with Gasteiger partial charge in [-0.2, -0.15) is 0 Å². The average Bonchev–Trinajstić information content (AvgIpc) is 2.41. The quantitative estimate of drug-likeness (QED) is 0.659. The van der Waals surface area contributed by atoms with Crippen molar-refractivity contribution in [1.29, 1.82) is 0 Å². The lowest BCUT2D eigenvalue weighted by Gasteiger charge is -2.22. The number of halogens is 3. The summed E-state index contributed by atoms with van der Waals surface area (Å²) in [5, 5.41) is 0.775. The predicted molar refractivity (Wildman–Crippen MR) is 85.3 cm³/mol. The van der Waals surface area contributed by atoms with Crippen molar-refractivity contribution < 1.29 is 4.39 Å². The average molecular weight is 387 g/mol. The van der Waals surface area contributed by atoms with Crippen LogP contribution in [0.15, 0.2) is 46.9 Å². The van der Waals surface area contributed by atoms with E-state index in [1.807, 2.05) is 25.2 Å². The first-order chi connectivity index (χ1) is 9.11. The highest BCUT2D eigenvalue weighted by atomic mass is 79.9. The second-order valence-electron chi connectivity index (χ2n) is 4.35. The third-order valence-corrected chi connectivity index (χ3v) is 4.07. The van der Waals surface area contributed by atoms with Gasteiger partial charge in [0.05, 0.1) is 0 Å². The molecule has 0 radical (unpaired) electrons. The molecule has 0 aromatic heterocycles. The highest BCUT2D eigenvalue weighted by Crippen LogP contribution is 2.27. The van der Waals surface area contributed by atoms with Gasteiger partial charge >= 0.3 is 0 Å². The van der Waals surface area contributed by atoms with Crippen LogP contribution < -0.4 is 4.90 Å². The highest BCUT2D eigenvalue weighted by molar-refractivity contribution is 9.10. The molecule has 0 saturated carbocycles. The van der Waals surface area contributed by atoms with Crippen molar-refractivity contribution >= 4 is 37.5 Å². The molecule has 2 aromatic carbocycles. The number of hydrogen-bond acceptors (Lipinski definition) is 1. The molecule has 2 rings (SSSR count). The second-order valence-corrected chi connectivity index (χ2v) is 5.83. The molecule has 2 aromatic rings. The lowest BCUT2D eigenvalue weighted by atomic mass is 10.1. The van der Waals surface area contributed by atoms with Crippen molar-refractivity contribution in [2.75, 3.05) is 11.9 Å². The van der Waals surface area contributed by atoms with Gasteiger partial charge in [0.15, 0.2) is 0 Å². The molecule has 0 heterocycles. The molecule has 0 amide bonds. The zero-order chi connectivity index (χ0) is 13.8. The van der Waals surface area contributed by atoms with Crippen LogP contribution in [0.2, 0.25) is 0 Å². The van der Waals surface area contributed by atoms with E-state index in [0.717, 1.165) is 15.5 Å². The van der Waals surface area contributed by atoms with Gasteiger partial charge < -0.3 is 4.90 Å². The maximum atomic E-state index is 13.7. The third kappa shape index (κ3) is 3.57. The molecule has 100 valence electrons. The van der Waals surface area contributed by atoms with Gasteiger partial charge in [-0.05, 0) is 23.8 Å². The SMILES string of the molecule is CN(Cc1ccccc1F)c1cc(Br)ccc1CBr. The molecule has 0 aliphatic carbocycles. The van der Waals surface area contributed by atoms with Crippen LogP contribution in [0.1, 0.15) is 11.1 Å². The Morgan fingerprint density at radius 1 is 1.11 bits per heavy atom. The van der Waals surface area contributed by atoms with Gasteiger partial charge in [-0.25, -0.2) is 4.39 Å². The van der Waals surface area contributed by atoms with Gasteiger partial charge in [-0.15, -0.1) is 0 Å². The summed E-state index contributed by atoms with van der Waals surface area (Å²) in [4.78, 5) is 2.06. The first-order valence-corrected chi connectivity index (χ1v) is 7.82. The molecule has 4 heteroatoms. The third-order valence-electron chi connectivity index (χ3n) is 2.97. The summed E-state index contributed by atoms with van der Waals surface area (Å²) in [6.45, 7) is 0.545. The van der Waals surface area contributed by atoms with E-state index in [9.17, 15) is 4.39 Å². The molecule has 0 aliphatic rings. The van der Waals surface area contributed by atoms with Crippen LogP contribution in [0.4, 0.5) is 10.1 Å². The Labute approximate surface area is 129 Å². The van der Waals surface area contributed by atoms with Crippen molar-refractivity contribution in [1.82, 2.24) is 0 Å². The van der Waals surface area contributed by atoms with Gasteiger partial charge in [0.1, 0.15) is 5.82 Å². The van der Waals surface area contributed by atoms with Crippen molar-refractivity contribution in [2.45, 2.75) is 11.9 Å². The van der Waals surface area contributed by atoms with Crippen molar-refractivity contribution in [3.63, 3.8) is 0 Å². The standard InChI is InChI=1S/C15H14Br2FN/c1-19(10-12-4-2-3-5-14(12)18)15-8-13(17)7-6-11(15)9-16/h2-8H,9-10H2,1H3. The Kier molecular flexibility index (Phi) is 4.99. The van der Waals surface area contributed by atoms with Crippen LogP contribution in [0.5, 0.6) is 0 Å². The molecule has 0 aliphatic heterocycles. The molecular formula is C15H14Br2FN. The number of nitrogens with zero attached hydrogens (tertiary/aromatic N) is 1. The number of hydrogen-bond donors (Lipinski definition) is 0. The molecule has 19 heavy (non-hydrogen) atoms. The Balaban J connectivity index is 2.27. The first kappa shape index (κ1) is 14.5. The minimum absolute atomic E-state index is 0.162. The molecule has 0 atom stereocenters. The van der Waals surface area contributed by atoms with E-state index in [1.54, 1.807) is 6.07 Å². The van der Waals surface area contributed by atoms with Crippen LogP contribution in [0.3, 0.4) is 0 Å². The van der Waals surface area contributed by atoms with Crippen LogP contribution >= 0.6 is 31.9 Å². The Bertz CT molecular complexity index is 572. The summed E-state index contributed by atoms with van der Waals surface area (Å²) in [6.07, 6.45) is 0. The Morgan fingerprint density at radius 3 is 2.53 bits per heavy atom. The van der Waals surface area contributed by atoms with E-state index < -0.39 is 0 Å². The van der Waals surface area contributed by atoms with Gasteiger partial charge in [0.25, 0.3) is 0 Å². The zero-order valence-corrected chi connectivity index (χ0v) is 13.7. The van der Waals surface area contributed by atoms with Crippen LogP contribution in [-0.4, -0.2) is 7.05 Å². The largest absolute Gasteiger partial charge is 0.370 e. The van der Waals surface area contributed by atoms with E-state index in [4.69, 9.17) is 0 Å². The summed E-state index contributed by atoms with van der Waals surface area (Å²) >= 11 is 6.96. The van der Waals surface area contributed by atoms with Crippen molar-refractivity contribution in [3.05, 3.63) is 63.9 Å².